The monoisotopic (exact) mass is 510 g/mol. The molecule has 8 nitrogen and oxygen atoms in total. The summed E-state index contributed by atoms with van der Waals surface area (Å²) in [6.07, 6.45) is 3.67. The molecule has 2 aromatic heterocycles. The molecule has 29 heavy (non-hydrogen) atoms. The van der Waals surface area contributed by atoms with Crippen LogP contribution in [0, 0.1) is 0 Å². The number of hydrogen-bond acceptors (Lipinski definition) is 5. The number of aryl methyl sites for hydroxylation is 1. The minimum absolute atomic E-state index is 0. The highest BCUT2D eigenvalue weighted by Crippen LogP contribution is 2.29. The second-order valence-electron chi connectivity index (χ2n) is 6.10. The van der Waals surface area contributed by atoms with Gasteiger partial charge in [0, 0.05) is 37.5 Å². The van der Waals surface area contributed by atoms with Gasteiger partial charge in [0.05, 0.1) is 14.2 Å². The summed E-state index contributed by atoms with van der Waals surface area (Å²) < 4.78 is 12.6. The average Bonchev–Trinajstić information content (AvgIpc) is 3.14. The molecule has 0 radical (unpaired) electrons. The molecule has 0 amide bonds. The molecule has 2 heterocycles. The fourth-order valence-corrected chi connectivity index (χ4v) is 2.85. The number of rotatable bonds is 8. The lowest BCUT2D eigenvalue weighted by Gasteiger charge is -2.13. The van der Waals surface area contributed by atoms with Gasteiger partial charge in [-0.1, -0.05) is 6.07 Å². The lowest BCUT2D eigenvalue weighted by molar-refractivity contribution is 0.355. The third-order valence-electron chi connectivity index (χ3n) is 4.20. The molecule has 0 fully saturated rings. The van der Waals surface area contributed by atoms with E-state index in [9.17, 15) is 0 Å². The van der Waals surface area contributed by atoms with Crippen LogP contribution in [-0.2, 0) is 6.42 Å². The summed E-state index contributed by atoms with van der Waals surface area (Å²) in [5.74, 6) is 3.03. The first-order valence-electron chi connectivity index (χ1n) is 9.31. The van der Waals surface area contributed by atoms with Gasteiger partial charge < -0.3 is 20.1 Å². The van der Waals surface area contributed by atoms with Crippen molar-refractivity contribution >= 4 is 41.3 Å². The minimum Gasteiger partial charge on any atom is -0.493 e. The van der Waals surface area contributed by atoms with E-state index in [2.05, 4.69) is 25.8 Å². The van der Waals surface area contributed by atoms with E-state index in [0.29, 0.717) is 18.0 Å². The van der Waals surface area contributed by atoms with Crippen LogP contribution in [0.1, 0.15) is 19.2 Å². The minimum atomic E-state index is 0. The number of nitrogens with zero attached hydrogens (tertiary/aromatic N) is 4. The van der Waals surface area contributed by atoms with Gasteiger partial charge in [-0.05, 0) is 37.6 Å². The number of methoxy groups -OCH3 is 2. The molecular weight excluding hydrogens is 483 g/mol. The van der Waals surface area contributed by atoms with Gasteiger partial charge in [-0.3, -0.25) is 9.39 Å². The van der Waals surface area contributed by atoms with Gasteiger partial charge in [-0.2, -0.15) is 0 Å². The summed E-state index contributed by atoms with van der Waals surface area (Å²) in [5, 5.41) is 15.0. The van der Waals surface area contributed by atoms with E-state index in [0.717, 1.165) is 42.5 Å². The Labute approximate surface area is 187 Å². The molecule has 0 saturated carbocycles. The zero-order valence-corrected chi connectivity index (χ0v) is 19.2. The second-order valence-corrected chi connectivity index (χ2v) is 6.10. The van der Waals surface area contributed by atoms with Crippen LogP contribution in [0.5, 0.6) is 11.5 Å². The molecule has 9 heteroatoms. The Morgan fingerprint density at radius 2 is 1.93 bits per heavy atom. The number of benzene rings is 1. The standard InChI is InChI=1S/C20H26N6O2.HI/c1-4-21-20(23-15-10-11-16(27-2)17(14-15)28-3)22-12-7-9-19-25-24-18-8-5-6-13-26(18)19;/h5-6,8,10-11,13-14H,4,7,9,12H2,1-3H3,(H2,21,22,23);1H. The summed E-state index contributed by atoms with van der Waals surface area (Å²) in [6.45, 7) is 3.48. The normalized spacial score (nSPS) is 11.1. The Kier molecular flexibility index (Phi) is 8.97. The summed E-state index contributed by atoms with van der Waals surface area (Å²) in [4.78, 5) is 4.65. The topological polar surface area (TPSA) is 85.1 Å². The van der Waals surface area contributed by atoms with E-state index in [1.54, 1.807) is 14.2 Å². The molecule has 0 aliphatic carbocycles. The van der Waals surface area contributed by atoms with Crippen molar-refractivity contribution in [2.75, 3.05) is 32.6 Å². The van der Waals surface area contributed by atoms with Crippen molar-refractivity contribution in [2.45, 2.75) is 19.8 Å². The maximum atomic E-state index is 5.35. The Morgan fingerprint density at radius 3 is 2.69 bits per heavy atom. The number of hydrogen-bond donors (Lipinski definition) is 2. The van der Waals surface area contributed by atoms with E-state index in [1.807, 2.05) is 53.9 Å². The smallest absolute Gasteiger partial charge is 0.195 e. The van der Waals surface area contributed by atoms with Crippen molar-refractivity contribution in [3.05, 3.63) is 48.4 Å². The van der Waals surface area contributed by atoms with Crippen LogP contribution in [-0.4, -0.2) is 47.9 Å². The Morgan fingerprint density at radius 1 is 1.10 bits per heavy atom. The first-order chi connectivity index (χ1) is 13.7. The number of aromatic nitrogens is 3. The molecule has 0 unspecified atom stereocenters. The zero-order valence-electron chi connectivity index (χ0n) is 16.9. The lowest BCUT2D eigenvalue weighted by atomic mass is 10.2. The van der Waals surface area contributed by atoms with Crippen LogP contribution in [0.2, 0.25) is 0 Å². The number of ether oxygens (including phenoxy) is 2. The highest BCUT2D eigenvalue weighted by atomic mass is 127. The predicted molar refractivity (Wildman–Crippen MR) is 126 cm³/mol. The van der Waals surface area contributed by atoms with E-state index in [4.69, 9.17) is 9.47 Å². The molecule has 3 aromatic rings. The number of nitrogens with one attached hydrogen (secondary N) is 2. The van der Waals surface area contributed by atoms with Crippen molar-refractivity contribution in [3.63, 3.8) is 0 Å². The highest BCUT2D eigenvalue weighted by molar-refractivity contribution is 14.0. The SMILES string of the molecule is CCNC(=NCCCc1nnc2ccccn12)Nc1ccc(OC)c(OC)c1.I. The van der Waals surface area contributed by atoms with Gasteiger partial charge in [0.25, 0.3) is 0 Å². The van der Waals surface area contributed by atoms with Gasteiger partial charge in [-0.15, -0.1) is 34.2 Å². The Hall–Kier alpha value is -2.56. The van der Waals surface area contributed by atoms with Crippen molar-refractivity contribution in [1.82, 2.24) is 19.9 Å². The van der Waals surface area contributed by atoms with Crippen LogP contribution >= 0.6 is 24.0 Å². The molecular formula is C20H27IN6O2. The number of guanidine groups is 1. The van der Waals surface area contributed by atoms with Crippen LogP contribution in [0.3, 0.4) is 0 Å². The number of anilines is 1. The molecule has 156 valence electrons. The average molecular weight is 510 g/mol. The summed E-state index contributed by atoms with van der Waals surface area (Å²) in [7, 11) is 3.24. The van der Waals surface area contributed by atoms with Crippen molar-refractivity contribution in [2.24, 2.45) is 4.99 Å². The number of fused-ring (bicyclic) bond motifs is 1. The van der Waals surface area contributed by atoms with Crippen molar-refractivity contribution in [3.8, 4) is 11.5 Å². The molecule has 0 atom stereocenters. The van der Waals surface area contributed by atoms with E-state index in [1.165, 1.54) is 0 Å². The zero-order chi connectivity index (χ0) is 19.8. The number of aliphatic imine (C=N–C) groups is 1. The van der Waals surface area contributed by atoms with Gasteiger partial charge in [-0.25, -0.2) is 0 Å². The quantitative estimate of drug-likeness (QED) is 0.209. The predicted octanol–water partition coefficient (Wildman–Crippen LogP) is 3.37. The Bertz CT molecular complexity index is 944. The Balaban J connectivity index is 0.00000300. The molecule has 0 spiro atoms. The van der Waals surface area contributed by atoms with E-state index < -0.39 is 0 Å². The number of pyridine rings is 1. The summed E-state index contributed by atoms with van der Waals surface area (Å²) in [6, 6.07) is 11.6. The molecule has 3 rings (SSSR count). The first-order valence-corrected chi connectivity index (χ1v) is 9.31. The van der Waals surface area contributed by atoms with Gasteiger partial charge >= 0.3 is 0 Å². The molecule has 0 bridgehead atoms. The van der Waals surface area contributed by atoms with Crippen LogP contribution in [0.25, 0.3) is 5.65 Å². The van der Waals surface area contributed by atoms with Crippen molar-refractivity contribution < 1.29 is 9.47 Å². The van der Waals surface area contributed by atoms with Gasteiger partial charge in [0.15, 0.2) is 23.1 Å². The first kappa shape index (κ1) is 22.7. The third kappa shape index (κ3) is 5.96. The largest absolute Gasteiger partial charge is 0.493 e. The molecule has 1 aromatic carbocycles. The van der Waals surface area contributed by atoms with Gasteiger partial charge in [0.2, 0.25) is 0 Å². The molecule has 2 N–H and O–H groups in total. The summed E-state index contributed by atoms with van der Waals surface area (Å²) in [5.41, 5.74) is 1.74. The van der Waals surface area contributed by atoms with Crippen LogP contribution in [0.15, 0.2) is 47.6 Å². The highest BCUT2D eigenvalue weighted by Gasteiger charge is 2.07. The third-order valence-corrected chi connectivity index (χ3v) is 4.20. The lowest BCUT2D eigenvalue weighted by Crippen LogP contribution is -2.30. The van der Waals surface area contributed by atoms with Crippen molar-refractivity contribution in [1.29, 1.82) is 0 Å². The molecule has 0 saturated heterocycles. The number of halogens is 1. The fourth-order valence-electron chi connectivity index (χ4n) is 2.85. The molecule has 0 aliphatic heterocycles. The maximum Gasteiger partial charge on any atom is 0.195 e. The van der Waals surface area contributed by atoms with Crippen LogP contribution < -0.4 is 20.1 Å². The fraction of sp³-hybridized carbons (Fsp3) is 0.350. The summed E-state index contributed by atoms with van der Waals surface area (Å²) >= 11 is 0. The molecule has 0 aliphatic rings. The second kappa shape index (κ2) is 11.4. The maximum absolute atomic E-state index is 5.35. The van der Waals surface area contributed by atoms with Gasteiger partial charge in [0.1, 0.15) is 5.82 Å². The van der Waals surface area contributed by atoms with E-state index in [-0.39, 0.29) is 24.0 Å². The van der Waals surface area contributed by atoms with E-state index >= 15 is 0 Å². The van der Waals surface area contributed by atoms with Crippen LogP contribution in [0.4, 0.5) is 5.69 Å².